The first-order chi connectivity index (χ1) is 12.1. The summed E-state index contributed by atoms with van der Waals surface area (Å²) in [5.41, 5.74) is 6.97. The number of aromatic nitrogens is 2. The van der Waals surface area contributed by atoms with Crippen LogP contribution in [0.2, 0.25) is 0 Å². The summed E-state index contributed by atoms with van der Waals surface area (Å²) in [4.78, 5) is 9.37. The second-order valence-corrected chi connectivity index (χ2v) is 6.28. The first kappa shape index (κ1) is 15.8. The van der Waals surface area contributed by atoms with Gasteiger partial charge in [0.15, 0.2) is 16.6 Å². The lowest BCUT2D eigenvalue weighted by Crippen LogP contribution is -2.38. The Labute approximate surface area is 149 Å². The molecule has 7 nitrogen and oxygen atoms in total. The molecular formula is C17H17N5O2S. The summed E-state index contributed by atoms with van der Waals surface area (Å²) in [5.74, 6) is 1.42. The number of hydrogen-bond donors (Lipinski definition) is 2. The van der Waals surface area contributed by atoms with Crippen molar-refractivity contribution in [2.75, 3.05) is 32.6 Å². The molecule has 0 amide bonds. The second kappa shape index (κ2) is 6.30. The van der Waals surface area contributed by atoms with Crippen LogP contribution < -0.4 is 20.2 Å². The van der Waals surface area contributed by atoms with E-state index in [4.69, 9.17) is 26.7 Å². The SMILES string of the molecule is CN(C)NC(=S)Nc1ccc2nc3cc4c(cc3nc2c1)OCCO4. The highest BCUT2D eigenvalue weighted by Crippen LogP contribution is 2.34. The van der Waals surface area contributed by atoms with Gasteiger partial charge in [-0.15, -0.1) is 0 Å². The highest BCUT2D eigenvalue weighted by molar-refractivity contribution is 7.80. The largest absolute Gasteiger partial charge is 0.486 e. The summed E-state index contributed by atoms with van der Waals surface area (Å²) < 4.78 is 11.2. The lowest BCUT2D eigenvalue weighted by atomic mass is 10.2. The zero-order chi connectivity index (χ0) is 17.4. The number of thiocarbonyl (C=S) groups is 1. The highest BCUT2D eigenvalue weighted by atomic mass is 32.1. The van der Waals surface area contributed by atoms with E-state index in [0.29, 0.717) is 29.8 Å². The highest BCUT2D eigenvalue weighted by Gasteiger charge is 2.14. The lowest BCUT2D eigenvalue weighted by Gasteiger charge is -2.18. The molecule has 0 radical (unpaired) electrons. The van der Waals surface area contributed by atoms with Gasteiger partial charge in [0.25, 0.3) is 0 Å². The molecule has 1 aliphatic heterocycles. The molecule has 128 valence electrons. The Morgan fingerprint density at radius 3 is 2.20 bits per heavy atom. The number of anilines is 1. The number of hydrazine groups is 1. The number of fused-ring (bicyclic) bond motifs is 3. The summed E-state index contributed by atoms with van der Waals surface area (Å²) >= 11 is 5.25. The summed E-state index contributed by atoms with van der Waals surface area (Å²) in [7, 11) is 3.75. The average Bonchev–Trinajstić information content (AvgIpc) is 2.57. The van der Waals surface area contributed by atoms with Crippen molar-refractivity contribution >= 4 is 45.1 Å². The van der Waals surface area contributed by atoms with Crippen LogP contribution in [-0.4, -0.2) is 47.4 Å². The molecule has 4 rings (SSSR count). The van der Waals surface area contributed by atoms with Crippen molar-refractivity contribution in [1.29, 1.82) is 0 Å². The Morgan fingerprint density at radius 2 is 1.56 bits per heavy atom. The van der Waals surface area contributed by atoms with E-state index in [1.165, 1.54) is 0 Å². The van der Waals surface area contributed by atoms with Crippen LogP contribution in [0.1, 0.15) is 0 Å². The van der Waals surface area contributed by atoms with Crippen molar-refractivity contribution in [2.24, 2.45) is 0 Å². The average molecular weight is 355 g/mol. The van der Waals surface area contributed by atoms with Crippen LogP contribution >= 0.6 is 12.2 Å². The van der Waals surface area contributed by atoms with E-state index < -0.39 is 0 Å². The minimum Gasteiger partial charge on any atom is -0.486 e. The van der Waals surface area contributed by atoms with Crippen molar-refractivity contribution in [2.45, 2.75) is 0 Å². The third-order valence-corrected chi connectivity index (χ3v) is 3.87. The molecular weight excluding hydrogens is 338 g/mol. The number of nitrogens with zero attached hydrogens (tertiary/aromatic N) is 3. The van der Waals surface area contributed by atoms with Crippen LogP contribution in [0.15, 0.2) is 30.3 Å². The monoisotopic (exact) mass is 355 g/mol. The first-order valence-corrected chi connectivity index (χ1v) is 8.25. The number of hydrogen-bond acceptors (Lipinski definition) is 6. The molecule has 0 saturated carbocycles. The zero-order valence-electron chi connectivity index (χ0n) is 13.9. The predicted octanol–water partition coefficient (Wildman–Crippen LogP) is 2.32. The van der Waals surface area contributed by atoms with E-state index in [9.17, 15) is 0 Å². The quantitative estimate of drug-likeness (QED) is 0.412. The van der Waals surface area contributed by atoms with Gasteiger partial charge in [-0.05, 0) is 30.4 Å². The predicted molar refractivity (Wildman–Crippen MR) is 101 cm³/mol. The minimum atomic E-state index is 0.512. The summed E-state index contributed by atoms with van der Waals surface area (Å²) in [6.07, 6.45) is 0. The molecule has 0 bridgehead atoms. The third kappa shape index (κ3) is 3.26. The second-order valence-electron chi connectivity index (χ2n) is 5.87. The molecule has 2 N–H and O–H groups in total. The van der Waals surface area contributed by atoms with E-state index in [2.05, 4.69) is 15.7 Å². The molecule has 0 saturated heterocycles. The van der Waals surface area contributed by atoms with E-state index in [0.717, 1.165) is 27.8 Å². The maximum absolute atomic E-state index is 5.62. The van der Waals surface area contributed by atoms with Gasteiger partial charge in [-0.2, -0.15) is 0 Å². The molecule has 1 aromatic heterocycles. The minimum absolute atomic E-state index is 0.512. The topological polar surface area (TPSA) is 71.5 Å². The van der Waals surface area contributed by atoms with Gasteiger partial charge in [0.2, 0.25) is 0 Å². The van der Waals surface area contributed by atoms with Gasteiger partial charge in [0.05, 0.1) is 22.1 Å². The molecule has 2 heterocycles. The van der Waals surface area contributed by atoms with Crippen molar-refractivity contribution in [3.63, 3.8) is 0 Å². The van der Waals surface area contributed by atoms with E-state index >= 15 is 0 Å². The Kier molecular flexibility index (Phi) is 3.98. The van der Waals surface area contributed by atoms with Gasteiger partial charge in [0.1, 0.15) is 13.2 Å². The van der Waals surface area contributed by atoms with Gasteiger partial charge in [-0.3, -0.25) is 5.43 Å². The van der Waals surface area contributed by atoms with Crippen molar-refractivity contribution < 1.29 is 9.47 Å². The summed E-state index contributed by atoms with van der Waals surface area (Å²) in [5, 5.41) is 5.41. The molecule has 0 unspecified atom stereocenters. The maximum Gasteiger partial charge on any atom is 0.185 e. The normalized spacial score (nSPS) is 13.2. The van der Waals surface area contributed by atoms with E-state index in [1.807, 2.05) is 44.4 Å². The fourth-order valence-corrected chi connectivity index (χ4v) is 2.95. The summed E-state index contributed by atoms with van der Waals surface area (Å²) in [6, 6.07) is 9.50. The maximum atomic E-state index is 5.62. The Balaban J connectivity index is 1.71. The fraction of sp³-hybridized carbons (Fsp3) is 0.235. The number of ether oxygens (including phenoxy) is 2. The van der Waals surface area contributed by atoms with Crippen molar-refractivity contribution in [3.8, 4) is 11.5 Å². The molecule has 0 fully saturated rings. The molecule has 2 aromatic carbocycles. The molecule has 8 heteroatoms. The van der Waals surface area contributed by atoms with Crippen LogP contribution in [0.5, 0.6) is 11.5 Å². The van der Waals surface area contributed by atoms with E-state index in [1.54, 1.807) is 5.01 Å². The number of benzene rings is 2. The Morgan fingerprint density at radius 1 is 0.960 bits per heavy atom. The van der Waals surface area contributed by atoms with Crippen LogP contribution in [0.25, 0.3) is 22.1 Å². The zero-order valence-corrected chi connectivity index (χ0v) is 14.7. The lowest BCUT2D eigenvalue weighted by molar-refractivity contribution is 0.172. The van der Waals surface area contributed by atoms with Gasteiger partial charge < -0.3 is 14.8 Å². The van der Waals surface area contributed by atoms with Crippen molar-refractivity contribution in [1.82, 2.24) is 20.4 Å². The van der Waals surface area contributed by atoms with Crippen molar-refractivity contribution in [3.05, 3.63) is 30.3 Å². The van der Waals surface area contributed by atoms with Gasteiger partial charge in [-0.25, -0.2) is 15.0 Å². The standard InChI is InChI=1S/C17H17N5O2S/c1-22(2)21-17(25)18-10-3-4-11-12(7-10)20-14-9-16-15(8-13(14)19-11)23-5-6-24-16/h3-4,7-9H,5-6H2,1-2H3,(H2,18,21,25). The van der Waals surface area contributed by atoms with Gasteiger partial charge >= 0.3 is 0 Å². The van der Waals surface area contributed by atoms with E-state index in [-0.39, 0.29) is 0 Å². The third-order valence-electron chi connectivity index (χ3n) is 3.68. The van der Waals surface area contributed by atoms with Crippen LogP contribution in [0.4, 0.5) is 5.69 Å². The Bertz CT molecular complexity index is 976. The molecule has 0 atom stereocenters. The molecule has 3 aromatic rings. The number of rotatable bonds is 2. The molecule has 25 heavy (non-hydrogen) atoms. The first-order valence-electron chi connectivity index (χ1n) is 7.84. The van der Waals surface area contributed by atoms with Crippen LogP contribution in [-0.2, 0) is 0 Å². The molecule has 1 aliphatic rings. The van der Waals surface area contributed by atoms with Crippen LogP contribution in [0, 0.1) is 0 Å². The van der Waals surface area contributed by atoms with Crippen LogP contribution in [0.3, 0.4) is 0 Å². The fourth-order valence-electron chi connectivity index (χ4n) is 2.65. The molecule has 0 aliphatic carbocycles. The molecule has 0 spiro atoms. The van der Waals surface area contributed by atoms with Gasteiger partial charge in [0, 0.05) is 31.9 Å². The van der Waals surface area contributed by atoms with Gasteiger partial charge in [-0.1, -0.05) is 0 Å². The number of nitrogens with one attached hydrogen (secondary N) is 2. The smallest absolute Gasteiger partial charge is 0.185 e. The Hall–Kier alpha value is -2.71. The summed E-state index contributed by atoms with van der Waals surface area (Å²) in [6.45, 7) is 1.10.